The highest BCUT2D eigenvalue weighted by molar-refractivity contribution is 5.99. The SMILES string of the molecule is C/C(=N\OCC(=O)OCC(=O)NNC(=O)c1cccc([N+](=O)[O-])c1)c1ccc2c(c1)OCO2. The number of hydrazine groups is 1. The first kappa shape index (κ1) is 23.0. The van der Waals surface area contributed by atoms with E-state index in [4.69, 9.17) is 19.0 Å². The van der Waals surface area contributed by atoms with Crippen molar-refractivity contribution in [1.82, 2.24) is 10.9 Å². The Labute approximate surface area is 186 Å². The minimum absolute atomic E-state index is 0.0365. The fourth-order valence-electron chi connectivity index (χ4n) is 2.54. The summed E-state index contributed by atoms with van der Waals surface area (Å²) >= 11 is 0. The summed E-state index contributed by atoms with van der Waals surface area (Å²) in [6.07, 6.45) is 0. The maximum atomic E-state index is 11.9. The van der Waals surface area contributed by atoms with Crippen LogP contribution in [0.3, 0.4) is 0 Å². The van der Waals surface area contributed by atoms with Gasteiger partial charge in [-0.2, -0.15) is 0 Å². The second kappa shape index (κ2) is 10.6. The Morgan fingerprint density at radius 1 is 1.06 bits per heavy atom. The number of amides is 2. The van der Waals surface area contributed by atoms with Gasteiger partial charge in [-0.25, -0.2) is 4.79 Å². The monoisotopic (exact) mass is 458 g/mol. The maximum absolute atomic E-state index is 11.9. The Morgan fingerprint density at radius 2 is 1.85 bits per heavy atom. The summed E-state index contributed by atoms with van der Waals surface area (Å²) < 4.78 is 15.2. The van der Waals surface area contributed by atoms with Gasteiger partial charge in [0.05, 0.1) is 10.6 Å². The number of nitrogens with one attached hydrogen (secondary N) is 2. The first-order chi connectivity index (χ1) is 15.8. The lowest BCUT2D eigenvalue weighted by Gasteiger charge is -2.08. The molecule has 2 amide bonds. The summed E-state index contributed by atoms with van der Waals surface area (Å²) in [5, 5.41) is 14.6. The molecule has 0 saturated carbocycles. The summed E-state index contributed by atoms with van der Waals surface area (Å²) in [4.78, 5) is 50.4. The van der Waals surface area contributed by atoms with Crippen LogP contribution in [-0.4, -0.2) is 48.4 Å². The second-order valence-corrected chi connectivity index (χ2v) is 6.49. The summed E-state index contributed by atoms with van der Waals surface area (Å²) in [5.41, 5.74) is 4.94. The molecule has 13 nitrogen and oxygen atoms in total. The van der Waals surface area contributed by atoms with Crippen molar-refractivity contribution in [2.45, 2.75) is 6.92 Å². The van der Waals surface area contributed by atoms with Crippen LogP contribution in [0.15, 0.2) is 47.6 Å². The van der Waals surface area contributed by atoms with Gasteiger partial charge in [-0.1, -0.05) is 11.2 Å². The molecule has 2 aromatic rings. The number of benzene rings is 2. The van der Waals surface area contributed by atoms with Gasteiger partial charge in [0.2, 0.25) is 13.4 Å². The second-order valence-electron chi connectivity index (χ2n) is 6.49. The number of nitro groups is 1. The number of nitrogens with zero attached hydrogens (tertiary/aromatic N) is 2. The zero-order valence-corrected chi connectivity index (χ0v) is 17.2. The van der Waals surface area contributed by atoms with Crippen LogP contribution in [-0.2, 0) is 19.2 Å². The van der Waals surface area contributed by atoms with E-state index < -0.39 is 35.9 Å². The Hall–Kier alpha value is -4.68. The Morgan fingerprint density at radius 3 is 2.64 bits per heavy atom. The minimum Gasteiger partial charge on any atom is -0.454 e. The molecule has 1 aliphatic heterocycles. The lowest BCUT2D eigenvalue weighted by molar-refractivity contribution is -0.384. The van der Waals surface area contributed by atoms with Crippen LogP contribution in [0.4, 0.5) is 5.69 Å². The molecule has 0 radical (unpaired) electrons. The number of hydrogen-bond acceptors (Lipinski definition) is 10. The van der Waals surface area contributed by atoms with E-state index in [2.05, 4.69) is 10.6 Å². The van der Waals surface area contributed by atoms with Crippen LogP contribution < -0.4 is 20.3 Å². The molecule has 0 bridgehead atoms. The van der Waals surface area contributed by atoms with Crippen LogP contribution in [0.2, 0.25) is 0 Å². The molecule has 2 aromatic carbocycles. The molecule has 0 atom stereocenters. The van der Waals surface area contributed by atoms with Crippen LogP contribution >= 0.6 is 0 Å². The third kappa shape index (κ3) is 6.40. The van der Waals surface area contributed by atoms with Gasteiger partial charge in [-0.3, -0.25) is 30.6 Å². The number of hydrogen-bond donors (Lipinski definition) is 2. The van der Waals surface area contributed by atoms with E-state index in [-0.39, 0.29) is 18.0 Å². The zero-order valence-electron chi connectivity index (χ0n) is 17.2. The lowest BCUT2D eigenvalue weighted by atomic mass is 10.1. The molecule has 1 heterocycles. The quantitative estimate of drug-likeness (QED) is 0.254. The van der Waals surface area contributed by atoms with E-state index in [1.807, 2.05) is 5.43 Å². The van der Waals surface area contributed by atoms with Gasteiger partial charge in [0.25, 0.3) is 17.5 Å². The molecular weight excluding hydrogens is 440 g/mol. The number of oxime groups is 1. The molecule has 0 spiro atoms. The average molecular weight is 458 g/mol. The molecule has 0 aliphatic carbocycles. The number of fused-ring (bicyclic) bond motifs is 1. The molecule has 172 valence electrons. The maximum Gasteiger partial charge on any atom is 0.347 e. The average Bonchev–Trinajstić information content (AvgIpc) is 3.29. The number of ether oxygens (including phenoxy) is 3. The van der Waals surface area contributed by atoms with E-state index in [1.165, 1.54) is 18.2 Å². The van der Waals surface area contributed by atoms with Gasteiger partial charge in [-0.05, 0) is 31.2 Å². The first-order valence-corrected chi connectivity index (χ1v) is 9.39. The number of esters is 1. The van der Waals surface area contributed by atoms with Crippen LogP contribution in [0.1, 0.15) is 22.8 Å². The van der Waals surface area contributed by atoms with E-state index in [1.54, 1.807) is 25.1 Å². The highest BCUT2D eigenvalue weighted by Gasteiger charge is 2.15. The van der Waals surface area contributed by atoms with Crippen molar-refractivity contribution in [3.05, 3.63) is 63.7 Å². The Balaban J connectivity index is 1.37. The smallest absolute Gasteiger partial charge is 0.347 e. The first-order valence-electron chi connectivity index (χ1n) is 9.39. The molecule has 0 aromatic heterocycles. The molecule has 3 rings (SSSR count). The number of carbonyl (C=O) groups excluding carboxylic acids is 3. The Kier molecular flexibility index (Phi) is 7.36. The van der Waals surface area contributed by atoms with Gasteiger partial charge in [0, 0.05) is 23.3 Å². The number of non-ortho nitro benzene ring substituents is 1. The number of nitro benzene ring substituents is 1. The molecule has 1 aliphatic rings. The third-order valence-corrected chi connectivity index (χ3v) is 4.17. The fraction of sp³-hybridized carbons (Fsp3) is 0.200. The molecule has 13 heteroatoms. The molecule has 2 N–H and O–H groups in total. The molecule has 33 heavy (non-hydrogen) atoms. The molecule has 0 unspecified atom stereocenters. The van der Waals surface area contributed by atoms with Crippen molar-refractivity contribution in [2.75, 3.05) is 20.0 Å². The van der Waals surface area contributed by atoms with Gasteiger partial charge in [-0.15, -0.1) is 0 Å². The summed E-state index contributed by atoms with van der Waals surface area (Å²) in [7, 11) is 0. The topological polar surface area (TPSA) is 168 Å². The highest BCUT2D eigenvalue weighted by Crippen LogP contribution is 2.32. The van der Waals surface area contributed by atoms with Gasteiger partial charge >= 0.3 is 5.97 Å². The van der Waals surface area contributed by atoms with Crippen molar-refractivity contribution in [3.63, 3.8) is 0 Å². The number of rotatable bonds is 8. The van der Waals surface area contributed by atoms with Crippen molar-refractivity contribution in [1.29, 1.82) is 0 Å². The van der Waals surface area contributed by atoms with Crippen LogP contribution in [0.5, 0.6) is 11.5 Å². The fourth-order valence-corrected chi connectivity index (χ4v) is 2.54. The van der Waals surface area contributed by atoms with Crippen molar-refractivity contribution in [2.24, 2.45) is 5.16 Å². The summed E-state index contributed by atoms with van der Waals surface area (Å²) in [6.45, 7) is 0.571. The standard InChI is InChI=1S/C20H18N4O9/c1-12(13-5-6-16-17(8-13)32-11-31-16)23-33-10-19(26)30-9-18(25)21-22-20(27)14-3-2-4-15(7-14)24(28)29/h2-8H,9-11H2,1H3,(H,21,25)(H,22,27)/b23-12+. The van der Waals surface area contributed by atoms with Crippen molar-refractivity contribution >= 4 is 29.2 Å². The van der Waals surface area contributed by atoms with E-state index >= 15 is 0 Å². The largest absolute Gasteiger partial charge is 0.454 e. The van der Waals surface area contributed by atoms with E-state index in [0.29, 0.717) is 22.8 Å². The minimum atomic E-state index is -0.864. The van der Waals surface area contributed by atoms with Gasteiger partial charge < -0.3 is 19.0 Å². The number of carbonyl (C=O) groups is 3. The van der Waals surface area contributed by atoms with E-state index in [9.17, 15) is 24.5 Å². The third-order valence-electron chi connectivity index (χ3n) is 4.17. The lowest BCUT2D eigenvalue weighted by Crippen LogP contribution is -2.43. The summed E-state index contributed by atoms with van der Waals surface area (Å²) in [6, 6.07) is 10.1. The zero-order chi connectivity index (χ0) is 23.8. The predicted octanol–water partition coefficient (Wildman–Crippen LogP) is 1.07. The highest BCUT2D eigenvalue weighted by atomic mass is 16.7. The predicted molar refractivity (Wildman–Crippen MR) is 110 cm³/mol. The van der Waals surface area contributed by atoms with E-state index in [0.717, 1.165) is 6.07 Å². The normalized spacial score (nSPS) is 12.0. The Bertz CT molecular complexity index is 1120. The molecular formula is C20H18N4O9. The molecule has 0 saturated heterocycles. The molecule has 0 fully saturated rings. The van der Waals surface area contributed by atoms with Crippen LogP contribution in [0.25, 0.3) is 0 Å². The van der Waals surface area contributed by atoms with Crippen molar-refractivity contribution < 1.29 is 38.4 Å². The van der Waals surface area contributed by atoms with Gasteiger partial charge in [0.15, 0.2) is 18.1 Å². The van der Waals surface area contributed by atoms with Gasteiger partial charge in [0.1, 0.15) is 0 Å². The van der Waals surface area contributed by atoms with Crippen molar-refractivity contribution in [3.8, 4) is 11.5 Å². The summed E-state index contributed by atoms with van der Waals surface area (Å²) in [5.74, 6) is -1.28. The van der Waals surface area contributed by atoms with Crippen LogP contribution in [0, 0.1) is 10.1 Å².